The number of hydrogen-bond acceptors (Lipinski definition) is 3. The summed E-state index contributed by atoms with van der Waals surface area (Å²) in [4.78, 5) is 29.6. The SMILES string of the molecule is O=C(NNC(=O)c1cc(C2CC2)nc2ccccc12)c1ccccc1Cl. The Bertz CT molecular complexity index is 1010. The van der Waals surface area contributed by atoms with Gasteiger partial charge in [-0.3, -0.25) is 25.4 Å². The lowest BCUT2D eigenvalue weighted by molar-refractivity contribution is 0.0847. The molecule has 0 radical (unpaired) electrons. The number of carbonyl (C=O) groups excluding carboxylic acids is 2. The molecule has 0 spiro atoms. The highest BCUT2D eigenvalue weighted by atomic mass is 35.5. The number of hydrogen-bond donors (Lipinski definition) is 2. The van der Waals surface area contributed by atoms with E-state index in [1.165, 1.54) is 0 Å². The number of pyridine rings is 1. The molecule has 26 heavy (non-hydrogen) atoms. The van der Waals surface area contributed by atoms with E-state index in [-0.39, 0.29) is 5.91 Å². The molecule has 1 fully saturated rings. The van der Waals surface area contributed by atoms with Gasteiger partial charge in [0.1, 0.15) is 0 Å². The largest absolute Gasteiger partial charge is 0.271 e. The molecule has 1 saturated carbocycles. The maximum absolute atomic E-state index is 12.7. The molecule has 0 atom stereocenters. The molecule has 1 heterocycles. The summed E-state index contributed by atoms with van der Waals surface area (Å²) in [5.41, 5.74) is 7.40. The average Bonchev–Trinajstić information content (AvgIpc) is 3.50. The van der Waals surface area contributed by atoms with Crippen molar-refractivity contribution in [3.63, 3.8) is 0 Å². The van der Waals surface area contributed by atoms with E-state index in [9.17, 15) is 9.59 Å². The molecule has 0 unspecified atom stereocenters. The van der Waals surface area contributed by atoms with Crippen molar-refractivity contribution in [2.75, 3.05) is 0 Å². The van der Waals surface area contributed by atoms with Crippen molar-refractivity contribution >= 4 is 34.3 Å². The molecule has 4 rings (SSSR count). The highest BCUT2D eigenvalue weighted by molar-refractivity contribution is 6.33. The Morgan fingerprint density at radius 3 is 2.31 bits per heavy atom. The Balaban J connectivity index is 1.58. The van der Waals surface area contributed by atoms with Crippen LogP contribution in [0.1, 0.15) is 45.2 Å². The molecule has 6 heteroatoms. The van der Waals surface area contributed by atoms with Crippen LogP contribution in [0.4, 0.5) is 0 Å². The van der Waals surface area contributed by atoms with E-state index < -0.39 is 5.91 Å². The molecule has 0 aliphatic heterocycles. The number of amides is 2. The van der Waals surface area contributed by atoms with Crippen LogP contribution in [0, 0.1) is 0 Å². The molecular formula is C20H16ClN3O2. The van der Waals surface area contributed by atoms with Crippen LogP contribution in [-0.4, -0.2) is 16.8 Å². The Morgan fingerprint density at radius 2 is 1.58 bits per heavy atom. The minimum atomic E-state index is -0.468. The van der Waals surface area contributed by atoms with E-state index in [1.54, 1.807) is 24.3 Å². The summed E-state index contributed by atoms with van der Waals surface area (Å²) in [6.07, 6.45) is 2.19. The normalized spacial score (nSPS) is 13.4. The van der Waals surface area contributed by atoms with Crippen LogP contribution in [0.25, 0.3) is 10.9 Å². The number of rotatable bonds is 3. The summed E-state index contributed by atoms with van der Waals surface area (Å²) in [5.74, 6) is -0.431. The van der Waals surface area contributed by atoms with Crippen molar-refractivity contribution < 1.29 is 9.59 Å². The Morgan fingerprint density at radius 1 is 0.923 bits per heavy atom. The van der Waals surface area contributed by atoms with Crippen molar-refractivity contribution in [1.82, 2.24) is 15.8 Å². The third-order valence-corrected chi connectivity index (χ3v) is 4.71. The van der Waals surface area contributed by atoms with Crippen LogP contribution < -0.4 is 10.9 Å². The maximum Gasteiger partial charge on any atom is 0.271 e. The third-order valence-electron chi connectivity index (χ3n) is 4.38. The fourth-order valence-corrected chi connectivity index (χ4v) is 3.09. The van der Waals surface area contributed by atoms with Gasteiger partial charge in [0, 0.05) is 17.0 Å². The van der Waals surface area contributed by atoms with E-state index in [0.29, 0.717) is 22.1 Å². The summed E-state index contributed by atoms with van der Waals surface area (Å²) >= 11 is 6.01. The van der Waals surface area contributed by atoms with Gasteiger partial charge in [0.05, 0.1) is 21.7 Å². The molecule has 2 N–H and O–H groups in total. The van der Waals surface area contributed by atoms with Gasteiger partial charge in [-0.05, 0) is 37.1 Å². The fraction of sp³-hybridized carbons (Fsp3) is 0.150. The second-order valence-corrected chi connectivity index (χ2v) is 6.68. The van der Waals surface area contributed by atoms with Gasteiger partial charge < -0.3 is 0 Å². The molecule has 5 nitrogen and oxygen atoms in total. The highest BCUT2D eigenvalue weighted by Gasteiger charge is 2.27. The Labute approximate surface area is 155 Å². The first-order chi connectivity index (χ1) is 12.6. The van der Waals surface area contributed by atoms with E-state index >= 15 is 0 Å². The van der Waals surface area contributed by atoms with Crippen molar-refractivity contribution in [2.45, 2.75) is 18.8 Å². The molecule has 3 aromatic rings. The quantitative estimate of drug-likeness (QED) is 0.693. The van der Waals surface area contributed by atoms with Crippen LogP contribution in [-0.2, 0) is 0 Å². The number of halogens is 1. The zero-order valence-corrected chi connectivity index (χ0v) is 14.6. The topological polar surface area (TPSA) is 71.1 Å². The van der Waals surface area contributed by atoms with Crippen LogP contribution in [0.5, 0.6) is 0 Å². The summed E-state index contributed by atoms with van der Waals surface area (Å²) in [6, 6.07) is 16.0. The van der Waals surface area contributed by atoms with Crippen molar-refractivity contribution in [3.05, 3.63) is 76.4 Å². The molecule has 130 valence electrons. The van der Waals surface area contributed by atoms with Gasteiger partial charge >= 0.3 is 0 Å². The Hall–Kier alpha value is -2.92. The number of benzene rings is 2. The van der Waals surface area contributed by atoms with Crippen molar-refractivity contribution in [1.29, 1.82) is 0 Å². The lowest BCUT2D eigenvalue weighted by atomic mass is 10.1. The number of carbonyl (C=O) groups is 2. The third kappa shape index (κ3) is 3.26. The van der Waals surface area contributed by atoms with Crippen molar-refractivity contribution in [3.8, 4) is 0 Å². The molecule has 1 aliphatic carbocycles. The predicted octanol–water partition coefficient (Wildman–Crippen LogP) is 3.84. The van der Waals surface area contributed by atoms with Crippen LogP contribution >= 0.6 is 11.6 Å². The Kier molecular flexibility index (Phi) is 4.31. The zero-order chi connectivity index (χ0) is 18.1. The molecule has 0 saturated heterocycles. The maximum atomic E-state index is 12.7. The van der Waals surface area contributed by atoms with E-state index in [0.717, 1.165) is 29.4 Å². The monoisotopic (exact) mass is 365 g/mol. The standard InChI is InChI=1S/C20H16ClN3O2/c21-16-7-3-1-6-14(16)19(25)23-24-20(26)15-11-18(12-9-10-12)22-17-8-4-2-5-13(15)17/h1-8,11-12H,9-10H2,(H,23,25)(H,24,26). The first-order valence-electron chi connectivity index (χ1n) is 8.38. The first-order valence-corrected chi connectivity index (χ1v) is 8.76. The van der Waals surface area contributed by atoms with Crippen LogP contribution in [0.2, 0.25) is 5.02 Å². The summed E-state index contributed by atoms with van der Waals surface area (Å²) in [5, 5.41) is 1.08. The summed E-state index contributed by atoms with van der Waals surface area (Å²) < 4.78 is 0. The molecule has 2 amide bonds. The van der Waals surface area contributed by atoms with Gasteiger partial charge in [-0.25, -0.2) is 0 Å². The van der Waals surface area contributed by atoms with Gasteiger partial charge in [-0.1, -0.05) is 41.9 Å². The number of nitrogens with zero attached hydrogens (tertiary/aromatic N) is 1. The van der Waals surface area contributed by atoms with E-state index in [1.807, 2.05) is 30.3 Å². The second kappa shape index (κ2) is 6.77. The minimum absolute atomic E-state index is 0.299. The number of fused-ring (bicyclic) bond motifs is 1. The summed E-state index contributed by atoms with van der Waals surface area (Å²) in [6.45, 7) is 0. The van der Waals surface area contributed by atoms with Crippen molar-refractivity contribution in [2.24, 2.45) is 0 Å². The number of nitrogens with one attached hydrogen (secondary N) is 2. The fourth-order valence-electron chi connectivity index (χ4n) is 2.87. The van der Waals surface area contributed by atoms with Crippen LogP contribution in [0.3, 0.4) is 0 Å². The van der Waals surface area contributed by atoms with E-state index in [2.05, 4.69) is 15.8 Å². The number of aromatic nitrogens is 1. The lowest BCUT2D eigenvalue weighted by Crippen LogP contribution is -2.41. The lowest BCUT2D eigenvalue weighted by Gasteiger charge is -2.11. The second-order valence-electron chi connectivity index (χ2n) is 6.27. The van der Waals surface area contributed by atoms with Gasteiger partial charge in [0.25, 0.3) is 11.8 Å². The van der Waals surface area contributed by atoms with Gasteiger partial charge in [-0.2, -0.15) is 0 Å². The molecule has 2 aromatic carbocycles. The molecule has 1 aromatic heterocycles. The summed E-state index contributed by atoms with van der Waals surface area (Å²) in [7, 11) is 0. The average molecular weight is 366 g/mol. The van der Waals surface area contributed by atoms with Gasteiger partial charge in [0.2, 0.25) is 0 Å². The highest BCUT2D eigenvalue weighted by Crippen LogP contribution is 2.40. The number of para-hydroxylation sites is 1. The van der Waals surface area contributed by atoms with Crippen LogP contribution in [0.15, 0.2) is 54.6 Å². The molecule has 1 aliphatic rings. The smallest absolute Gasteiger partial charge is 0.267 e. The van der Waals surface area contributed by atoms with Gasteiger partial charge in [0.15, 0.2) is 0 Å². The zero-order valence-electron chi connectivity index (χ0n) is 13.8. The molecular weight excluding hydrogens is 350 g/mol. The molecule has 0 bridgehead atoms. The van der Waals surface area contributed by atoms with E-state index in [4.69, 9.17) is 11.6 Å². The van der Waals surface area contributed by atoms with Gasteiger partial charge in [-0.15, -0.1) is 0 Å². The minimum Gasteiger partial charge on any atom is -0.267 e. The predicted molar refractivity (Wildman–Crippen MR) is 100 cm³/mol. The number of hydrazine groups is 1. The first kappa shape index (κ1) is 16.5.